The number of aryl methyl sites for hydroxylation is 1. The van der Waals surface area contributed by atoms with Crippen molar-refractivity contribution >= 4 is 0 Å². The van der Waals surface area contributed by atoms with Crippen LogP contribution in [0.1, 0.15) is 32.5 Å². The lowest BCUT2D eigenvalue weighted by molar-refractivity contribution is 0.329. The van der Waals surface area contributed by atoms with Crippen molar-refractivity contribution in [2.75, 3.05) is 0 Å². The van der Waals surface area contributed by atoms with Crippen molar-refractivity contribution in [3.63, 3.8) is 0 Å². The molecule has 3 N–H and O–H groups in total. The van der Waals surface area contributed by atoms with Gasteiger partial charge in [-0.25, -0.2) is 4.98 Å². The average Bonchev–Trinajstić information content (AvgIpc) is 2.64. The number of nitrogens with two attached hydrogens (primary N) is 1. The molecule has 1 aromatic rings. The van der Waals surface area contributed by atoms with Crippen LogP contribution in [-0.4, -0.2) is 20.8 Å². The SMILES string of the molecule is CCC(CC)C(Cc1ncnn1C)NN. The highest BCUT2D eigenvalue weighted by Gasteiger charge is 2.19. The third kappa shape index (κ3) is 3.00. The van der Waals surface area contributed by atoms with Crippen molar-refractivity contribution in [1.29, 1.82) is 0 Å². The van der Waals surface area contributed by atoms with Crippen LogP contribution in [0, 0.1) is 5.92 Å². The van der Waals surface area contributed by atoms with Crippen LogP contribution in [0.25, 0.3) is 0 Å². The lowest BCUT2D eigenvalue weighted by Gasteiger charge is -2.23. The van der Waals surface area contributed by atoms with E-state index in [0.717, 1.165) is 25.1 Å². The molecule has 0 bridgehead atoms. The Kier molecular flexibility index (Phi) is 4.71. The van der Waals surface area contributed by atoms with Gasteiger partial charge in [-0.1, -0.05) is 26.7 Å². The second kappa shape index (κ2) is 5.82. The topological polar surface area (TPSA) is 68.8 Å². The summed E-state index contributed by atoms with van der Waals surface area (Å²) >= 11 is 0. The van der Waals surface area contributed by atoms with Crippen molar-refractivity contribution in [3.05, 3.63) is 12.2 Å². The van der Waals surface area contributed by atoms with E-state index in [1.165, 1.54) is 0 Å². The monoisotopic (exact) mass is 211 g/mol. The van der Waals surface area contributed by atoms with Crippen LogP contribution in [0.15, 0.2) is 6.33 Å². The molecule has 0 radical (unpaired) electrons. The Bertz CT molecular complexity index is 279. The molecule has 5 heteroatoms. The van der Waals surface area contributed by atoms with Crippen LogP contribution in [0.5, 0.6) is 0 Å². The Labute approximate surface area is 91.0 Å². The van der Waals surface area contributed by atoms with E-state index < -0.39 is 0 Å². The average molecular weight is 211 g/mol. The molecule has 15 heavy (non-hydrogen) atoms. The Balaban J connectivity index is 2.64. The first-order valence-corrected chi connectivity index (χ1v) is 5.51. The van der Waals surface area contributed by atoms with Gasteiger partial charge in [0, 0.05) is 19.5 Å². The van der Waals surface area contributed by atoms with E-state index in [2.05, 4.69) is 29.4 Å². The van der Waals surface area contributed by atoms with Gasteiger partial charge >= 0.3 is 0 Å². The molecule has 0 aliphatic heterocycles. The molecule has 86 valence electrons. The highest BCUT2D eigenvalue weighted by Crippen LogP contribution is 2.15. The van der Waals surface area contributed by atoms with E-state index in [1.54, 1.807) is 11.0 Å². The summed E-state index contributed by atoms with van der Waals surface area (Å²) in [5.74, 6) is 7.15. The summed E-state index contributed by atoms with van der Waals surface area (Å²) in [6, 6.07) is 0.280. The summed E-state index contributed by atoms with van der Waals surface area (Å²) in [4.78, 5) is 4.21. The molecule has 1 rings (SSSR count). The van der Waals surface area contributed by atoms with Crippen LogP contribution < -0.4 is 11.3 Å². The molecule has 0 spiro atoms. The molecular formula is C10H21N5. The van der Waals surface area contributed by atoms with Gasteiger partial charge in [-0.3, -0.25) is 16.0 Å². The first-order chi connectivity index (χ1) is 7.22. The van der Waals surface area contributed by atoms with Gasteiger partial charge in [-0.2, -0.15) is 5.10 Å². The summed E-state index contributed by atoms with van der Waals surface area (Å²) in [6.45, 7) is 4.38. The van der Waals surface area contributed by atoms with Gasteiger partial charge in [0.25, 0.3) is 0 Å². The van der Waals surface area contributed by atoms with Gasteiger partial charge in [0.05, 0.1) is 0 Å². The molecule has 1 heterocycles. The summed E-state index contributed by atoms with van der Waals surface area (Å²) in [7, 11) is 1.91. The number of hydrazine groups is 1. The largest absolute Gasteiger partial charge is 0.271 e. The Hall–Kier alpha value is -0.940. The molecule has 0 fully saturated rings. The minimum Gasteiger partial charge on any atom is -0.271 e. The molecule has 1 aromatic heterocycles. The van der Waals surface area contributed by atoms with E-state index in [0.29, 0.717) is 5.92 Å². The van der Waals surface area contributed by atoms with Gasteiger partial charge in [0.15, 0.2) is 0 Å². The second-order valence-corrected chi connectivity index (χ2v) is 3.85. The van der Waals surface area contributed by atoms with Gasteiger partial charge < -0.3 is 0 Å². The Morgan fingerprint density at radius 3 is 2.53 bits per heavy atom. The minimum absolute atomic E-state index is 0.280. The van der Waals surface area contributed by atoms with Gasteiger partial charge in [0.2, 0.25) is 0 Å². The Morgan fingerprint density at radius 2 is 2.13 bits per heavy atom. The highest BCUT2D eigenvalue weighted by atomic mass is 15.3. The summed E-state index contributed by atoms with van der Waals surface area (Å²) in [5.41, 5.74) is 2.89. The zero-order chi connectivity index (χ0) is 11.3. The van der Waals surface area contributed by atoms with Crippen molar-refractivity contribution in [3.8, 4) is 0 Å². The van der Waals surface area contributed by atoms with E-state index >= 15 is 0 Å². The van der Waals surface area contributed by atoms with Gasteiger partial charge in [0.1, 0.15) is 12.2 Å². The first-order valence-electron chi connectivity index (χ1n) is 5.51. The van der Waals surface area contributed by atoms with Crippen LogP contribution in [0.4, 0.5) is 0 Å². The van der Waals surface area contributed by atoms with Crippen molar-refractivity contribution in [1.82, 2.24) is 20.2 Å². The van der Waals surface area contributed by atoms with Crippen molar-refractivity contribution in [2.45, 2.75) is 39.2 Å². The van der Waals surface area contributed by atoms with Crippen molar-refractivity contribution < 1.29 is 0 Å². The fourth-order valence-electron chi connectivity index (χ4n) is 1.92. The zero-order valence-electron chi connectivity index (χ0n) is 9.77. The molecule has 0 aliphatic carbocycles. The summed E-state index contributed by atoms with van der Waals surface area (Å²) in [5, 5.41) is 4.05. The maximum atomic E-state index is 5.58. The predicted molar refractivity (Wildman–Crippen MR) is 59.9 cm³/mol. The molecule has 1 atom stereocenters. The lowest BCUT2D eigenvalue weighted by Crippen LogP contribution is -2.42. The number of hydrogen-bond acceptors (Lipinski definition) is 4. The third-order valence-corrected chi connectivity index (χ3v) is 3.04. The molecule has 0 aromatic carbocycles. The smallest absolute Gasteiger partial charge is 0.138 e. The number of hydrogen-bond donors (Lipinski definition) is 2. The van der Waals surface area contributed by atoms with E-state index in [1.807, 2.05) is 7.05 Å². The molecule has 0 aliphatic rings. The Morgan fingerprint density at radius 1 is 1.47 bits per heavy atom. The van der Waals surface area contributed by atoms with E-state index in [-0.39, 0.29) is 6.04 Å². The number of rotatable bonds is 6. The van der Waals surface area contributed by atoms with Crippen LogP contribution in [0.2, 0.25) is 0 Å². The number of nitrogens with one attached hydrogen (secondary N) is 1. The zero-order valence-corrected chi connectivity index (χ0v) is 9.77. The molecule has 0 saturated heterocycles. The number of aromatic nitrogens is 3. The van der Waals surface area contributed by atoms with Crippen LogP contribution in [-0.2, 0) is 13.5 Å². The normalized spacial score (nSPS) is 13.4. The van der Waals surface area contributed by atoms with Gasteiger partial charge in [-0.05, 0) is 5.92 Å². The standard InChI is InChI=1S/C10H21N5/c1-4-8(5-2)9(14-11)6-10-12-7-13-15(10)3/h7-9,14H,4-6,11H2,1-3H3. The predicted octanol–water partition coefficient (Wildman–Crippen LogP) is 0.626. The molecule has 0 amide bonds. The molecule has 5 nitrogen and oxygen atoms in total. The van der Waals surface area contributed by atoms with E-state index in [4.69, 9.17) is 5.84 Å². The molecule has 1 unspecified atom stereocenters. The minimum atomic E-state index is 0.280. The molecular weight excluding hydrogens is 190 g/mol. The quantitative estimate of drug-likeness (QED) is 0.535. The van der Waals surface area contributed by atoms with Gasteiger partial charge in [-0.15, -0.1) is 0 Å². The number of nitrogens with zero attached hydrogens (tertiary/aromatic N) is 3. The second-order valence-electron chi connectivity index (χ2n) is 3.85. The molecule has 0 saturated carbocycles. The lowest BCUT2D eigenvalue weighted by atomic mass is 9.92. The maximum absolute atomic E-state index is 5.58. The summed E-state index contributed by atoms with van der Waals surface area (Å²) in [6.07, 6.45) is 4.67. The first kappa shape index (κ1) is 12.1. The van der Waals surface area contributed by atoms with E-state index in [9.17, 15) is 0 Å². The third-order valence-electron chi connectivity index (χ3n) is 3.04. The van der Waals surface area contributed by atoms with Crippen LogP contribution >= 0.6 is 0 Å². The highest BCUT2D eigenvalue weighted by molar-refractivity contribution is 4.90. The fourth-order valence-corrected chi connectivity index (χ4v) is 1.92. The van der Waals surface area contributed by atoms with Crippen molar-refractivity contribution in [2.24, 2.45) is 18.8 Å². The maximum Gasteiger partial charge on any atom is 0.138 e. The summed E-state index contributed by atoms with van der Waals surface area (Å²) < 4.78 is 1.80. The van der Waals surface area contributed by atoms with Crippen LogP contribution in [0.3, 0.4) is 0 Å². The fraction of sp³-hybridized carbons (Fsp3) is 0.800.